The molecule has 0 bridgehead atoms. The fourth-order valence-corrected chi connectivity index (χ4v) is 0. The molecule has 0 spiro atoms. The number of rotatable bonds is 1. The van der Waals surface area contributed by atoms with Crippen LogP contribution in [0.5, 0.6) is 0 Å². The van der Waals surface area contributed by atoms with E-state index in [4.69, 9.17) is 9.92 Å². The molecule has 0 aliphatic rings. The van der Waals surface area contributed by atoms with E-state index >= 15 is 0 Å². The number of nitrogens with two attached hydrogens (primary N) is 1. The van der Waals surface area contributed by atoms with E-state index in [0.717, 1.165) is 4.31 Å². The molecule has 0 aromatic rings. The predicted octanol–water partition coefficient (Wildman–Crippen LogP) is -0.195. The lowest BCUT2D eigenvalue weighted by Crippen LogP contribution is -2.27. The van der Waals surface area contributed by atoms with Crippen LogP contribution in [-0.2, 0) is 10.1 Å². The van der Waals surface area contributed by atoms with Gasteiger partial charge in [-0.3, -0.25) is 0 Å². The second-order valence-corrected chi connectivity index (χ2v) is 3.25. The largest absolute Gasteiger partial charge is 0.232 e. The summed E-state index contributed by atoms with van der Waals surface area (Å²) in [5, 5.41) is 4.80. The smallest absolute Gasteiger partial charge is 0.169 e. The molecule has 3 N–H and O–H groups in total. The van der Waals surface area contributed by atoms with E-state index in [2.05, 4.69) is 0 Å². The van der Waals surface area contributed by atoms with Crippen LogP contribution < -0.4 is 5.14 Å². The van der Waals surface area contributed by atoms with Gasteiger partial charge in [0, 0.05) is 14.1 Å². The van der Waals surface area contributed by atoms with Crippen LogP contribution in [-0.4, -0.2) is 22.6 Å². The first-order chi connectivity index (χ1) is 2.94. The monoisotopic (exact) mass is 159 g/mol. The average Bonchev–Trinajstić information content (AvgIpc) is 1.31. The highest BCUT2D eigenvalue weighted by molar-refractivity contribution is 7.87. The highest BCUT2D eigenvalue weighted by Crippen LogP contribution is 1.79. The first-order valence-electron chi connectivity index (χ1n) is 1.68. The van der Waals surface area contributed by atoms with Gasteiger partial charge in [-0.2, -0.15) is 0 Å². The Bertz CT molecular complexity index is 139. The SMILES string of the molecule is CN(C)S(=N)(N)=O.Cl. The average molecular weight is 160 g/mol. The summed E-state index contributed by atoms with van der Waals surface area (Å²) in [6.07, 6.45) is 0. The summed E-state index contributed by atoms with van der Waals surface area (Å²) >= 11 is 0. The number of hydrogen-bond acceptors (Lipinski definition) is 2. The molecule has 0 saturated carbocycles. The zero-order chi connectivity index (χ0) is 6.08. The summed E-state index contributed by atoms with van der Waals surface area (Å²) in [5.74, 6) is 0. The van der Waals surface area contributed by atoms with Crippen LogP contribution >= 0.6 is 12.4 Å². The molecule has 0 aromatic heterocycles. The summed E-state index contributed by atoms with van der Waals surface area (Å²) < 4.78 is 18.0. The van der Waals surface area contributed by atoms with Crippen LogP contribution in [0.2, 0.25) is 0 Å². The van der Waals surface area contributed by atoms with Crippen LogP contribution in [0.4, 0.5) is 0 Å². The van der Waals surface area contributed by atoms with E-state index in [1.807, 2.05) is 0 Å². The molecule has 8 heavy (non-hydrogen) atoms. The quantitative estimate of drug-likeness (QED) is 0.547. The van der Waals surface area contributed by atoms with Crippen LogP contribution in [0.3, 0.4) is 0 Å². The van der Waals surface area contributed by atoms with E-state index in [0.29, 0.717) is 0 Å². The lowest BCUT2D eigenvalue weighted by molar-refractivity contribution is 0.591. The van der Waals surface area contributed by atoms with Gasteiger partial charge in [0.1, 0.15) is 0 Å². The van der Waals surface area contributed by atoms with Crippen molar-refractivity contribution in [1.82, 2.24) is 4.31 Å². The lowest BCUT2D eigenvalue weighted by atomic mass is 11.3. The standard InChI is InChI=1S/C2H9N3OS.ClH/c1-5(2)7(3,4)6;/h1-2H3,(H3,3,4,6);1H. The minimum atomic E-state index is -2.91. The van der Waals surface area contributed by atoms with Gasteiger partial charge in [-0.1, -0.05) is 0 Å². The summed E-state index contributed by atoms with van der Waals surface area (Å²) in [4.78, 5) is 0. The van der Waals surface area contributed by atoms with Gasteiger partial charge in [-0.15, -0.1) is 12.4 Å². The van der Waals surface area contributed by atoms with Gasteiger partial charge in [0.2, 0.25) is 0 Å². The van der Waals surface area contributed by atoms with Crippen molar-refractivity contribution < 1.29 is 4.21 Å². The third kappa shape index (κ3) is 4.32. The second kappa shape index (κ2) is 3.24. The summed E-state index contributed by atoms with van der Waals surface area (Å²) in [6.45, 7) is 0. The Labute approximate surface area is 55.7 Å². The van der Waals surface area contributed by atoms with E-state index in [-0.39, 0.29) is 12.4 Å². The Morgan fingerprint density at radius 3 is 1.75 bits per heavy atom. The maximum absolute atomic E-state index is 10.3. The minimum absolute atomic E-state index is 0. The third-order valence-corrected chi connectivity index (χ3v) is 1.63. The van der Waals surface area contributed by atoms with Gasteiger partial charge >= 0.3 is 0 Å². The van der Waals surface area contributed by atoms with Gasteiger partial charge in [-0.25, -0.2) is 18.4 Å². The predicted molar refractivity (Wildman–Crippen MR) is 36.0 cm³/mol. The Balaban J connectivity index is 0. The molecule has 0 aromatic carbocycles. The molecule has 0 aliphatic heterocycles. The van der Waals surface area contributed by atoms with Crippen molar-refractivity contribution in [2.45, 2.75) is 0 Å². The van der Waals surface area contributed by atoms with E-state index in [1.165, 1.54) is 14.1 Å². The molecule has 6 heteroatoms. The molecular formula is C2H10ClN3OS. The van der Waals surface area contributed by atoms with Crippen molar-refractivity contribution >= 4 is 22.5 Å². The first kappa shape index (κ1) is 11.0. The molecule has 52 valence electrons. The van der Waals surface area contributed by atoms with E-state index < -0.39 is 10.1 Å². The fourth-order valence-electron chi connectivity index (χ4n) is 0. The highest BCUT2D eigenvalue weighted by Gasteiger charge is 1.96. The van der Waals surface area contributed by atoms with Crippen LogP contribution in [0.25, 0.3) is 0 Å². The molecule has 1 atom stereocenters. The molecular weight excluding hydrogens is 150 g/mol. The maximum atomic E-state index is 10.3. The van der Waals surface area contributed by atoms with Crippen molar-refractivity contribution in [2.75, 3.05) is 14.1 Å². The van der Waals surface area contributed by atoms with Crippen molar-refractivity contribution in [3.05, 3.63) is 0 Å². The van der Waals surface area contributed by atoms with Gasteiger partial charge < -0.3 is 0 Å². The fraction of sp³-hybridized carbons (Fsp3) is 1.00. The normalized spacial score (nSPS) is 17.0. The number of hydrogen-bond donors (Lipinski definition) is 2. The molecule has 0 heterocycles. The third-order valence-electron chi connectivity index (χ3n) is 0.542. The van der Waals surface area contributed by atoms with Crippen molar-refractivity contribution in [1.29, 1.82) is 4.78 Å². The summed E-state index contributed by atoms with van der Waals surface area (Å²) in [6, 6.07) is 0. The molecule has 0 fully saturated rings. The van der Waals surface area contributed by atoms with Crippen LogP contribution in [0.1, 0.15) is 0 Å². The highest BCUT2D eigenvalue weighted by atomic mass is 35.5. The molecule has 0 aliphatic carbocycles. The van der Waals surface area contributed by atoms with Crippen molar-refractivity contribution in [3.8, 4) is 0 Å². The molecule has 4 nitrogen and oxygen atoms in total. The topological polar surface area (TPSA) is 70.2 Å². The van der Waals surface area contributed by atoms with Crippen molar-refractivity contribution in [3.63, 3.8) is 0 Å². The number of nitrogens with zero attached hydrogens (tertiary/aromatic N) is 1. The zero-order valence-corrected chi connectivity index (χ0v) is 6.38. The Morgan fingerprint density at radius 1 is 1.62 bits per heavy atom. The first-order valence-corrected chi connectivity index (χ1v) is 3.26. The molecule has 0 radical (unpaired) electrons. The molecule has 0 saturated heterocycles. The number of halogens is 1. The lowest BCUT2D eigenvalue weighted by Gasteiger charge is -2.06. The van der Waals surface area contributed by atoms with Crippen molar-refractivity contribution in [2.24, 2.45) is 5.14 Å². The summed E-state index contributed by atoms with van der Waals surface area (Å²) in [5.41, 5.74) is 0. The second-order valence-electron chi connectivity index (χ2n) is 1.38. The van der Waals surface area contributed by atoms with Crippen LogP contribution in [0, 0.1) is 4.78 Å². The molecule has 0 amide bonds. The molecule has 0 rings (SSSR count). The minimum Gasteiger partial charge on any atom is -0.232 e. The van der Waals surface area contributed by atoms with Gasteiger partial charge in [0.05, 0.1) is 0 Å². The zero-order valence-electron chi connectivity index (χ0n) is 4.75. The van der Waals surface area contributed by atoms with Gasteiger partial charge in [-0.05, 0) is 0 Å². The number of nitrogens with one attached hydrogen (secondary N) is 1. The van der Waals surface area contributed by atoms with E-state index in [9.17, 15) is 4.21 Å². The summed E-state index contributed by atoms with van der Waals surface area (Å²) in [7, 11) is 0.0833. The van der Waals surface area contributed by atoms with Crippen LogP contribution in [0.15, 0.2) is 0 Å². The van der Waals surface area contributed by atoms with Gasteiger partial charge in [0.15, 0.2) is 10.1 Å². The van der Waals surface area contributed by atoms with Gasteiger partial charge in [0.25, 0.3) is 0 Å². The Kier molecular flexibility index (Phi) is 4.46. The maximum Gasteiger partial charge on any atom is 0.169 e. The Hall–Kier alpha value is 0.160. The van der Waals surface area contributed by atoms with E-state index in [1.54, 1.807) is 0 Å². The Morgan fingerprint density at radius 2 is 1.75 bits per heavy atom. The molecule has 1 unspecified atom stereocenters.